The van der Waals surface area contributed by atoms with E-state index in [-0.39, 0.29) is 12.1 Å². The number of ether oxygens (including phenoxy) is 1. The molecule has 0 aromatic heterocycles. The van der Waals surface area contributed by atoms with Crippen LogP contribution >= 0.6 is 0 Å². The first kappa shape index (κ1) is 22.3. The van der Waals surface area contributed by atoms with Gasteiger partial charge in [0.2, 0.25) is 0 Å². The number of guanidine groups is 1. The predicted molar refractivity (Wildman–Crippen MR) is 107 cm³/mol. The number of esters is 1. The molecule has 0 saturated carbocycles. The van der Waals surface area contributed by atoms with Gasteiger partial charge in [-0.15, -0.1) is 0 Å². The third-order valence-corrected chi connectivity index (χ3v) is 5.03. The number of halogens is 4. The van der Waals surface area contributed by atoms with Crippen LogP contribution in [0.2, 0.25) is 0 Å². The van der Waals surface area contributed by atoms with Crippen molar-refractivity contribution in [1.82, 2.24) is 10.2 Å². The van der Waals surface area contributed by atoms with E-state index >= 15 is 0 Å². The van der Waals surface area contributed by atoms with Crippen LogP contribution in [0.5, 0.6) is 0 Å². The highest BCUT2D eigenvalue weighted by molar-refractivity contribution is 5.96. The third-order valence-electron chi connectivity index (χ3n) is 5.03. The number of benzene rings is 2. The van der Waals surface area contributed by atoms with Gasteiger partial charge in [-0.2, -0.15) is 13.2 Å². The Morgan fingerprint density at radius 1 is 1.19 bits per heavy atom. The summed E-state index contributed by atoms with van der Waals surface area (Å²) in [6, 6.07) is 9.94. The molecule has 2 aromatic rings. The summed E-state index contributed by atoms with van der Waals surface area (Å²) in [4.78, 5) is 18.4. The minimum absolute atomic E-state index is 0.0205. The van der Waals surface area contributed by atoms with Crippen LogP contribution in [0.15, 0.2) is 64.8 Å². The summed E-state index contributed by atoms with van der Waals surface area (Å²) in [5, 5.41) is 3.09. The highest BCUT2D eigenvalue weighted by atomic mass is 19.4. The van der Waals surface area contributed by atoms with Gasteiger partial charge < -0.3 is 15.0 Å². The van der Waals surface area contributed by atoms with Crippen LogP contribution in [0, 0.1) is 5.82 Å². The fraction of sp³-hybridized carbons (Fsp3) is 0.273. The molecule has 0 spiro atoms. The number of nitrogens with one attached hydrogen (secondary N) is 1. The summed E-state index contributed by atoms with van der Waals surface area (Å²) in [6.07, 6.45) is -4.44. The largest absolute Gasteiger partial charge is 0.466 e. The first-order valence-corrected chi connectivity index (χ1v) is 9.37. The highest BCUT2D eigenvalue weighted by Crippen LogP contribution is 2.32. The molecule has 0 fully saturated rings. The van der Waals surface area contributed by atoms with Crippen LogP contribution in [0.3, 0.4) is 0 Å². The van der Waals surface area contributed by atoms with Crippen molar-refractivity contribution >= 4 is 11.9 Å². The van der Waals surface area contributed by atoms with E-state index in [0.717, 1.165) is 12.1 Å². The fourth-order valence-corrected chi connectivity index (χ4v) is 3.32. The number of aliphatic imine (C=N–C) groups is 1. The van der Waals surface area contributed by atoms with E-state index in [9.17, 15) is 22.4 Å². The number of carbonyl (C=O) groups is 1. The Kier molecular flexibility index (Phi) is 6.33. The predicted octanol–water partition coefficient (Wildman–Crippen LogP) is 4.42. The van der Waals surface area contributed by atoms with Crippen molar-refractivity contribution in [3.05, 3.63) is 82.3 Å². The van der Waals surface area contributed by atoms with Gasteiger partial charge in [-0.3, -0.25) is 0 Å². The van der Waals surface area contributed by atoms with Crippen LogP contribution in [0.1, 0.15) is 29.7 Å². The maximum absolute atomic E-state index is 13.8. The second-order valence-electron chi connectivity index (χ2n) is 7.02. The summed E-state index contributed by atoms with van der Waals surface area (Å²) in [5.74, 6) is -0.720. The third kappa shape index (κ3) is 4.87. The van der Waals surface area contributed by atoms with Crippen molar-refractivity contribution in [1.29, 1.82) is 0 Å². The Balaban J connectivity index is 1.97. The van der Waals surface area contributed by atoms with Crippen LogP contribution in [0.4, 0.5) is 17.6 Å². The Hall–Kier alpha value is -3.36. The molecule has 0 saturated heterocycles. The van der Waals surface area contributed by atoms with Crippen molar-refractivity contribution in [2.45, 2.75) is 25.7 Å². The molecule has 164 valence electrons. The first-order valence-electron chi connectivity index (χ1n) is 9.37. The quantitative estimate of drug-likeness (QED) is 0.571. The molecule has 1 unspecified atom stereocenters. The molecule has 1 aliphatic heterocycles. The lowest BCUT2D eigenvalue weighted by Crippen LogP contribution is -2.47. The van der Waals surface area contributed by atoms with E-state index in [1.807, 2.05) is 0 Å². The monoisotopic (exact) mass is 435 g/mol. The first-order chi connectivity index (χ1) is 14.6. The molecule has 1 atom stereocenters. The highest BCUT2D eigenvalue weighted by Gasteiger charge is 2.34. The Labute approximate surface area is 177 Å². The summed E-state index contributed by atoms with van der Waals surface area (Å²) in [6.45, 7) is 1.67. The van der Waals surface area contributed by atoms with E-state index in [4.69, 9.17) is 4.74 Å². The van der Waals surface area contributed by atoms with Gasteiger partial charge in [-0.25, -0.2) is 14.2 Å². The molecule has 0 amide bonds. The zero-order chi connectivity index (χ0) is 22.8. The lowest BCUT2D eigenvalue weighted by molar-refractivity contribution is -0.138. The molecule has 3 rings (SSSR count). The van der Waals surface area contributed by atoms with Gasteiger partial charge >= 0.3 is 12.1 Å². The number of methoxy groups -OCH3 is 1. The van der Waals surface area contributed by atoms with Gasteiger partial charge in [0.1, 0.15) is 5.82 Å². The summed E-state index contributed by atoms with van der Waals surface area (Å²) >= 11 is 0. The number of rotatable bonds is 4. The van der Waals surface area contributed by atoms with E-state index in [1.165, 1.54) is 31.4 Å². The second kappa shape index (κ2) is 8.79. The van der Waals surface area contributed by atoms with Crippen LogP contribution < -0.4 is 5.32 Å². The van der Waals surface area contributed by atoms with E-state index < -0.39 is 29.6 Å². The van der Waals surface area contributed by atoms with Gasteiger partial charge in [-0.05, 0) is 42.3 Å². The lowest BCUT2D eigenvalue weighted by Gasteiger charge is -2.36. The maximum Gasteiger partial charge on any atom is 0.416 e. The smallest absolute Gasteiger partial charge is 0.416 e. The molecule has 1 heterocycles. The van der Waals surface area contributed by atoms with Crippen molar-refractivity contribution < 1.29 is 27.1 Å². The summed E-state index contributed by atoms with van der Waals surface area (Å²) in [5.41, 5.74) is 0.924. The minimum atomic E-state index is -4.44. The molecule has 1 aliphatic rings. The number of allylic oxidation sites excluding steroid dienone is 1. The molecule has 9 heteroatoms. The number of nitrogens with zero attached hydrogens (tertiary/aromatic N) is 2. The molecule has 5 nitrogen and oxygen atoms in total. The molecular formula is C22H21F4N3O2. The second-order valence-corrected chi connectivity index (χ2v) is 7.02. The topological polar surface area (TPSA) is 53.9 Å². The minimum Gasteiger partial charge on any atom is -0.466 e. The number of alkyl halides is 3. The molecule has 31 heavy (non-hydrogen) atoms. The zero-order valence-electron chi connectivity index (χ0n) is 17.1. The van der Waals surface area contributed by atoms with Crippen molar-refractivity contribution in [2.24, 2.45) is 4.99 Å². The van der Waals surface area contributed by atoms with Gasteiger partial charge in [0.05, 0.1) is 30.8 Å². The fourth-order valence-electron chi connectivity index (χ4n) is 3.32. The summed E-state index contributed by atoms with van der Waals surface area (Å²) < 4.78 is 57.6. The van der Waals surface area contributed by atoms with Gasteiger partial charge in [-0.1, -0.05) is 24.3 Å². The van der Waals surface area contributed by atoms with Crippen LogP contribution in [-0.2, 0) is 22.3 Å². The van der Waals surface area contributed by atoms with Gasteiger partial charge in [0.25, 0.3) is 0 Å². The Morgan fingerprint density at radius 2 is 1.90 bits per heavy atom. The molecule has 0 bridgehead atoms. The summed E-state index contributed by atoms with van der Waals surface area (Å²) in [7, 11) is 2.92. The maximum atomic E-state index is 13.8. The van der Waals surface area contributed by atoms with E-state index in [1.54, 1.807) is 31.0 Å². The normalized spacial score (nSPS) is 18.2. The number of carbonyl (C=O) groups excluding carboxylic acids is 1. The zero-order valence-corrected chi connectivity index (χ0v) is 17.1. The SMILES string of the molecule is COC(=O)C1=C(C)N(C)C(=NCc2cccc(C(F)(F)F)c2)NC1c1cccc(F)c1. The van der Waals surface area contributed by atoms with Gasteiger partial charge in [0.15, 0.2) is 5.96 Å². The van der Waals surface area contributed by atoms with Crippen molar-refractivity contribution in [3.8, 4) is 0 Å². The molecule has 0 radical (unpaired) electrons. The van der Waals surface area contributed by atoms with Crippen molar-refractivity contribution in [2.75, 3.05) is 14.2 Å². The van der Waals surface area contributed by atoms with Crippen molar-refractivity contribution in [3.63, 3.8) is 0 Å². The Morgan fingerprint density at radius 3 is 2.55 bits per heavy atom. The molecule has 2 aromatic carbocycles. The molecule has 1 N–H and O–H groups in total. The van der Waals surface area contributed by atoms with E-state index in [0.29, 0.717) is 22.8 Å². The van der Waals surface area contributed by atoms with Crippen LogP contribution in [0.25, 0.3) is 0 Å². The average molecular weight is 435 g/mol. The number of hydrogen-bond acceptors (Lipinski definition) is 3. The van der Waals surface area contributed by atoms with Gasteiger partial charge in [0, 0.05) is 12.7 Å². The molecule has 0 aliphatic carbocycles. The molecular weight excluding hydrogens is 414 g/mol. The number of hydrogen-bond donors (Lipinski definition) is 1. The van der Waals surface area contributed by atoms with E-state index in [2.05, 4.69) is 10.3 Å². The lowest BCUT2D eigenvalue weighted by atomic mass is 9.95. The standard InChI is InChI=1S/C22H21F4N3O2/c1-13-18(20(30)31-3)19(15-7-5-9-17(23)11-15)28-21(29(13)2)27-12-14-6-4-8-16(10-14)22(24,25)26/h4-11,19H,12H2,1-3H3,(H,27,28). The van der Waals surface area contributed by atoms with Crippen LogP contribution in [-0.4, -0.2) is 31.0 Å². The average Bonchev–Trinajstić information content (AvgIpc) is 2.73. The Bertz CT molecular complexity index is 1050.